The number of para-hydroxylation sites is 1. The number of hydrogen-bond acceptors (Lipinski definition) is 3. The molecule has 0 saturated carbocycles. The zero-order valence-corrected chi connectivity index (χ0v) is 17.4. The highest BCUT2D eigenvalue weighted by Crippen LogP contribution is 2.20. The zero-order chi connectivity index (χ0) is 21.3. The fraction of sp³-hybridized carbons (Fsp3) is 0.250. The van der Waals surface area contributed by atoms with Crippen LogP contribution in [0.1, 0.15) is 29.8 Å². The second-order valence-electron chi connectivity index (χ2n) is 6.95. The van der Waals surface area contributed by atoms with Crippen LogP contribution >= 0.6 is 0 Å². The molecule has 156 valence electrons. The topological polar surface area (TPSA) is 77.2 Å². The van der Waals surface area contributed by atoms with Crippen LogP contribution in [-0.2, 0) is 4.79 Å². The number of fused-ring (bicyclic) bond motifs is 1. The van der Waals surface area contributed by atoms with Crippen LogP contribution in [0.25, 0.3) is 17.0 Å². The van der Waals surface area contributed by atoms with Crippen molar-refractivity contribution in [1.82, 2.24) is 20.5 Å². The number of aromatic amines is 1. The molecule has 1 aromatic heterocycles. The van der Waals surface area contributed by atoms with Crippen LogP contribution in [0.5, 0.6) is 0 Å². The van der Waals surface area contributed by atoms with Gasteiger partial charge >= 0.3 is 0 Å². The lowest BCUT2D eigenvalue weighted by molar-refractivity contribution is -0.117. The fourth-order valence-electron chi connectivity index (χ4n) is 3.27. The van der Waals surface area contributed by atoms with Gasteiger partial charge in [0.1, 0.15) is 5.70 Å². The maximum Gasteiger partial charge on any atom is 0.267 e. The molecule has 0 fully saturated rings. The molecule has 0 aliphatic carbocycles. The van der Waals surface area contributed by atoms with Gasteiger partial charge in [-0.1, -0.05) is 50.2 Å². The van der Waals surface area contributed by atoms with Crippen LogP contribution in [0.15, 0.2) is 66.5 Å². The minimum atomic E-state index is -0.319. The molecule has 2 aromatic carbocycles. The average Bonchev–Trinajstić information content (AvgIpc) is 3.19. The molecule has 6 heteroatoms. The molecule has 6 nitrogen and oxygen atoms in total. The Morgan fingerprint density at radius 2 is 1.70 bits per heavy atom. The molecule has 0 unspecified atom stereocenters. The third-order valence-electron chi connectivity index (χ3n) is 5.06. The molecule has 2 amide bonds. The third kappa shape index (κ3) is 5.36. The Balaban J connectivity index is 1.82. The van der Waals surface area contributed by atoms with E-state index in [0.717, 1.165) is 36.1 Å². The predicted octanol–water partition coefficient (Wildman–Crippen LogP) is 3.40. The summed E-state index contributed by atoms with van der Waals surface area (Å²) in [5, 5.41) is 6.70. The van der Waals surface area contributed by atoms with Crippen molar-refractivity contribution >= 4 is 28.8 Å². The van der Waals surface area contributed by atoms with Crippen molar-refractivity contribution in [3.63, 3.8) is 0 Å². The van der Waals surface area contributed by atoms with Gasteiger partial charge in [-0.25, -0.2) is 0 Å². The molecule has 0 aliphatic heterocycles. The van der Waals surface area contributed by atoms with Crippen molar-refractivity contribution in [3.05, 3.63) is 77.6 Å². The monoisotopic (exact) mass is 404 g/mol. The lowest BCUT2D eigenvalue weighted by Gasteiger charge is -2.18. The molecule has 3 N–H and O–H groups in total. The Bertz CT molecular complexity index is 1020. The van der Waals surface area contributed by atoms with Crippen molar-refractivity contribution in [2.45, 2.75) is 13.8 Å². The van der Waals surface area contributed by atoms with E-state index in [1.807, 2.05) is 36.5 Å². The van der Waals surface area contributed by atoms with Crippen molar-refractivity contribution < 1.29 is 9.59 Å². The normalized spacial score (nSPS) is 11.6. The minimum Gasteiger partial charge on any atom is -0.361 e. The molecule has 0 spiro atoms. The van der Waals surface area contributed by atoms with Crippen LogP contribution in [-0.4, -0.2) is 47.9 Å². The number of rotatable bonds is 9. The zero-order valence-electron chi connectivity index (χ0n) is 17.4. The van der Waals surface area contributed by atoms with E-state index in [9.17, 15) is 9.59 Å². The molecule has 0 aliphatic rings. The van der Waals surface area contributed by atoms with Gasteiger partial charge < -0.3 is 20.5 Å². The van der Waals surface area contributed by atoms with Gasteiger partial charge in [0.2, 0.25) is 0 Å². The number of nitrogens with zero attached hydrogens (tertiary/aromatic N) is 1. The maximum atomic E-state index is 12.9. The van der Waals surface area contributed by atoms with Crippen LogP contribution in [0.3, 0.4) is 0 Å². The van der Waals surface area contributed by atoms with Crippen LogP contribution < -0.4 is 10.6 Å². The summed E-state index contributed by atoms with van der Waals surface area (Å²) in [5.41, 5.74) is 2.53. The number of carbonyl (C=O) groups is 2. The van der Waals surface area contributed by atoms with E-state index in [1.54, 1.807) is 30.3 Å². The molecular formula is C24H28N4O2. The summed E-state index contributed by atoms with van der Waals surface area (Å²) in [6, 6.07) is 16.7. The highest BCUT2D eigenvalue weighted by atomic mass is 16.2. The molecule has 0 atom stereocenters. The number of H-pyrrole nitrogens is 1. The lowest BCUT2D eigenvalue weighted by Crippen LogP contribution is -2.39. The van der Waals surface area contributed by atoms with Gasteiger partial charge in [0, 0.05) is 41.3 Å². The van der Waals surface area contributed by atoms with Gasteiger partial charge in [0.15, 0.2) is 0 Å². The SMILES string of the molecule is CCN(CC)CCNC(=O)C(=Cc1c[nH]c2ccccc12)NC(=O)c1ccccc1. The van der Waals surface area contributed by atoms with E-state index < -0.39 is 0 Å². The lowest BCUT2D eigenvalue weighted by atomic mass is 10.1. The number of amides is 2. The molecule has 0 saturated heterocycles. The predicted molar refractivity (Wildman–Crippen MR) is 121 cm³/mol. The fourth-order valence-corrected chi connectivity index (χ4v) is 3.27. The highest BCUT2D eigenvalue weighted by molar-refractivity contribution is 6.06. The van der Waals surface area contributed by atoms with Crippen LogP contribution in [0.2, 0.25) is 0 Å². The van der Waals surface area contributed by atoms with Crippen molar-refractivity contribution in [2.75, 3.05) is 26.2 Å². The van der Waals surface area contributed by atoms with Gasteiger partial charge in [0.05, 0.1) is 0 Å². The quantitative estimate of drug-likeness (QED) is 0.479. The summed E-state index contributed by atoms with van der Waals surface area (Å²) < 4.78 is 0. The Morgan fingerprint density at radius 1 is 1.00 bits per heavy atom. The average molecular weight is 405 g/mol. The Morgan fingerprint density at radius 3 is 2.43 bits per heavy atom. The molecule has 3 rings (SSSR count). The summed E-state index contributed by atoms with van der Waals surface area (Å²) >= 11 is 0. The van der Waals surface area contributed by atoms with Crippen molar-refractivity contribution in [1.29, 1.82) is 0 Å². The van der Waals surface area contributed by atoms with Crippen molar-refractivity contribution in [2.24, 2.45) is 0 Å². The molecule has 1 heterocycles. The number of nitrogens with one attached hydrogen (secondary N) is 3. The van der Waals surface area contributed by atoms with E-state index >= 15 is 0 Å². The van der Waals surface area contributed by atoms with E-state index in [0.29, 0.717) is 12.1 Å². The van der Waals surface area contributed by atoms with E-state index in [-0.39, 0.29) is 17.5 Å². The van der Waals surface area contributed by atoms with Gasteiger partial charge in [0.25, 0.3) is 11.8 Å². The first-order chi connectivity index (χ1) is 14.6. The second-order valence-corrected chi connectivity index (χ2v) is 6.95. The van der Waals surface area contributed by atoms with Gasteiger partial charge in [-0.3, -0.25) is 9.59 Å². The summed E-state index contributed by atoms with van der Waals surface area (Å²) in [6.07, 6.45) is 3.55. The number of carbonyl (C=O) groups excluding carboxylic acids is 2. The number of likely N-dealkylation sites (N-methyl/N-ethyl adjacent to an activating group) is 1. The van der Waals surface area contributed by atoms with Crippen LogP contribution in [0, 0.1) is 0 Å². The Hall–Kier alpha value is -3.38. The summed E-state index contributed by atoms with van der Waals surface area (Å²) in [4.78, 5) is 31.0. The minimum absolute atomic E-state index is 0.216. The van der Waals surface area contributed by atoms with E-state index in [2.05, 4.69) is 34.4 Å². The van der Waals surface area contributed by atoms with Gasteiger partial charge in [-0.15, -0.1) is 0 Å². The van der Waals surface area contributed by atoms with Gasteiger partial charge in [-0.05, 0) is 37.4 Å². The van der Waals surface area contributed by atoms with Crippen molar-refractivity contribution in [3.8, 4) is 0 Å². The number of aromatic nitrogens is 1. The smallest absolute Gasteiger partial charge is 0.267 e. The molecular weight excluding hydrogens is 376 g/mol. The second kappa shape index (κ2) is 10.4. The molecule has 0 bridgehead atoms. The molecule has 0 radical (unpaired) electrons. The number of benzene rings is 2. The summed E-state index contributed by atoms with van der Waals surface area (Å²) in [5.74, 6) is -0.627. The Labute approximate surface area is 177 Å². The van der Waals surface area contributed by atoms with E-state index in [4.69, 9.17) is 0 Å². The largest absolute Gasteiger partial charge is 0.361 e. The highest BCUT2D eigenvalue weighted by Gasteiger charge is 2.15. The standard InChI is InChI=1S/C24H28N4O2/c1-3-28(4-2)15-14-25-24(30)22(27-23(29)18-10-6-5-7-11-18)16-19-17-26-21-13-9-8-12-20(19)21/h5-13,16-17,26H,3-4,14-15H2,1-2H3,(H,25,30)(H,27,29). The maximum absolute atomic E-state index is 12.9. The first kappa shape index (κ1) is 21.3. The van der Waals surface area contributed by atoms with Gasteiger partial charge in [-0.2, -0.15) is 0 Å². The summed E-state index contributed by atoms with van der Waals surface area (Å²) in [7, 11) is 0. The first-order valence-corrected chi connectivity index (χ1v) is 10.3. The van der Waals surface area contributed by atoms with E-state index in [1.165, 1.54) is 0 Å². The Kier molecular flexibility index (Phi) is 7.40. The molecule has 3 aromatic rings. The third-order valence-corrected chi connectivity index (χ3v) is 5.06. The number of hydrogen-bond donors (Lipinski definition) is 3. The van der Waals surface area contributed by atoms with Crippen LogP contribution in [0.4, 0.5) is 0 Å². The first-order valence-electron chi connectivity index (χ1n) is 10.3. The summed E-state index contributed by atoms with van der Waals surface area (Å²) in [6.45, 7) is 7.30. The molecule has 30 heavy (non-hydrogen) atoms.